The van der Waals surface area contributed by atoms with Crippen LogP contribution in [0, 0.1) is 6.92 Å². The van der Waals surface area contributed by atoms with E-state index in [9.17, 15) is 4.79 Å². The molecule has 2 N–H and O–H groups in total. The number of likely N-dealkylation sites (tertiary alicyclic amines) is 1. The molecule has 25 heavy (non-hydrogen) atoms. The Morgan fingerprint density at radius 3 is 2.28 bits per heavy atom. The molecule has 1 atom stereocenters. The summed E-state index contributed by atoms with van der Waals surface area (Å²) < 4.78 is -1.74. The van der Waals surface area contributed by atoms with Crippen LogP contribution in [0.15, 0.2) is 24.3 Å². The number of alkyl halides is 3. The highest BCUT2D eigenvalue weighted by molar-refractivity contribution is 7.80. The summed E-state index contributed by atoms with van der Waals surface area (Å²) >= 11 is 23.6. The number of carbonyl (C=O) groups is 1. The number of thiocarbonyl (C=S) groups is 1. The summed E-state index contributed by atoms with van der Waals surface area (Å²) in [5, 5.41) is 6.23. The lowest BCUT2D eigenvalue weighted by Crippen LogP contribution is -2.58. The lowest BCUT2D eigenvalue weighted by atomic mass is 10.1. The maximum absolute atomic E-state index is 12.6. The van der Waals surface area contributed by atoms with E-state index in [-0.39, 0.29) is 5.91 Å². The largest absolute Gasteiger partial charge is 0.349 e. The normalized spacial score (nSPS) is 16.7. The Bertz CT molecular complexity index is 613. The summed E-state index contributed by atoms with van der Waals surface area (Å²) in [4.78, 5) is 14.6. The monoisotopic (exact) mass is 421 g/mol. The molecule has 1 aromatic carbocycles. The van der Waals surface area contributed by atoms with Crippen molar-refractivity contribution < 1.29 is 4.79 Å². The number of aryl methyl sites for hydroxylation is 1. The van der Waals surface area contributed by atoms with Gasteiger partial charge in [-0.2, -0.15) is 0 Å². The molecule has 1 heterocycles. The number of halogens is 3. The van der Waals surface area contributed by atoms with Crippen LogP contribution in [0.4, 0.5) is 0 Å². The minimum Gasteiger partial charge on any atom is -0.349 e. The van der Waals surface area contributed by atoms with Crippen molar-refractivity contribution >= 4 is 58.0 Å². The van der Waals surface area contributed by atoms with Gasteiger partial charge in [0.2, 0.25) is 3.79 Å². The molecule has 0 saturated carbocycles. The van der Waals surface area contributed by atoms with Crippen LogP contribution in [-0.2, 0) is 0 Å². The molecule has 0 bridgehead atoms. The Labute approximate surface area is 169 Å². The lowest BCUT2D eigenvalue weighted by Gasteiger charge is -2.32. The van der Waals surface area contributed by atoms with E-state index in [1.807, 2.05) is 19.1 Å². The van der Waals surface area contributed by atoms with Crippen molar-refractivity contribution in [3.8, 4) is 0 Å². The average molecular weight is 423 g/mol. The van der Waals surface area contributed by atoms with Crippen LogP contribution in [0.1, 0.15) is 41.6 Å². The molecular formula is C17H22Cl3N3OS. The first-order valence-corrected chi connectivity index (χ1v) is 9.82. The van der Waals surface area contributed by atoms with E-state index >= 15 is 0 Å². The number of nitrogens with zero attached hydrogens (tertiary/aromatic N) is 1. The van der Waals surface area contributed by atoms with E-state index in [0.29, 0.717) is 10.7 Å². The molecule has 1 saturated heterocycles. The minimum absolute atomic E-state index is 0.319. The zero-order chi connectivity index (χ0) is 18.4. The van der Waals surface area contributed by atoms with Gasteiger partial charge in [-0.1, -0.05) is 65.8 Å². The molecule has 8 heteroatoms. The molecule has 1 amide bonds. The molecule has 4 nitrogen and oxygen atoms in total. The molecule has 138 valence electrons. The summed E-state index contributed by atoms with van der Waals surface area (Å²) in [5.74, 6) is -0.319. The Hall–Kier alpha value is -0.750. The molecule has 1 aromatic rings. The zero-order valence-electron chi connectivity index (χ0n) is 14.0. The van der Waals surface area contributed by atoms with Gasteiger partial charge in [0.15, 0.2) is 5.11 Å². The van der Waals surface area contributed by atoms with E-state index in [1.165, 1.54) is 12.8 Å². The second-order valence-corrected chi connectivity index (χ2v) is 8.87. The fourth-order valence-electron chi connectivity index (χ4n) is 2.72. The van der Waals surface area contributed by atoms with Crippen LogP contribution in [0.3, 0.4) is 0 Å². The average Bonchev–Trinajstić information content (AvgIpc) is 2.83. The first-order valence-electron chi connectivity index (χ1n) is 8.27. The van der Waals surface area contributed by atoms with Gasteiger partial charge in [-0.3, -0.25) is 4.79 Å². The van der Waals surface area contributed by atoms with Crippen molar-refractivity contribution in [3.63, 3.8) is 0 Å². The Morgan fingerprint density at radius 1 is 1.12 bits per heavy atom. The third kappa shape index (κ3) is 6.17. The highest BCUT2D eigenvalue weighted by Gasteiger charge is 2.35. The van der Waals surface area contributed by atoms with Crippen molar-refractivity contribution in [1.29, 1.82) is 0 Å². The topological polar surface area (TPSA) is 44.4 Å². The fraction of sp³-hybridized carbons (Fsp3) is 0.529. The van der Waals surface area contributed by atoms with Crippen LogP contribution >= 0.6 is 47.0 Å². The molecular weight excluding hydrogens is 401 g/mol. The predicted molar refractivity (Wildman–Crippen MR) is 108 cm³/mol. The predicted octanol–water partition coefficient (Wildman–Crippen LogP) is 4.17. The molecule has 1 fully saturated rings. The van der Waals surface area contributed by atoms with E-state index in [2.05, 4.69) is 15.5 Å². The lowest BCUT2D eigenvalue weighted by molar-refractivity contribution is 0.0933. The number of carbonyl (C=O) groups excluding carboxylic acids is 1. The maximum atomic E-state index is 12.6. The number of benzene rings is 1. The smallest absolute Gasteiger partial charge is 0.253 e. The summed E-state index contributed by atoms with van der Waals surface area (Å²) in [6.07, 6.45) is 3.61. The van der Waals surface area contributed by atoms with Gasteiger partial charge in [-0.15, -0.1) is 0 Å². The fourth-order valence-corrected chi connectivity index (χ4v) is 3.35. The van der Waals surface area contributed by atoms with Crippen molar-refractivity contribution in [2.45, 2.75) is 42.6 Å². The first-order chi connectivity index (χ1) is 11.8. The van der Waals surface area contributed by atoms with Crippen LogP contribution in [0.2, 0.25) is 0 Å². The number of hydrogen-bond donors (Lipinski definition) is 2. The molecule has 1 aliphatic heterocycles. The van der Waals surface area contributed by atoms with Crippen LogP contribution < -0.4 is 10.6 Å². The molecule has 0 spiro atoms. The minimum atomic E-state index is -1.74. The molecule has 0 radical (unpaired) electrons. The van der Waals surface area contributed by atoms with Gasteiger partial charge in [0, 0.05) is 18.7 Å². The zero-order valence-corrected chi connectivity index (χ0v) is 17.1. The Morgan fingerprint density at radius 2 is 1.72 bits per heavy atom. The van der Waals surface area contributed by atoms with Crippen LogP contribution in [-0.4, -0.2) is 39.0 Å². The van der Waals surface area contributed by atoms with E-state index < -0.39 is 9.96 Å². The first kappa shape index (κ1) is 20.6. The van der Waals surface area contributed by atoms with Gasteiger partial charge >= 0.3 is 0 Å². The van der Waals surface area contributed by atoms with E-state index in [1.54, 1.807) is 12.1 Å². The summed E-state index contributed by atoms with van der Waals surface area (Å²) in [5.41, 5.74) is 1.38. The molecule has 1 aliphatic rings. The number of rotatable bonds is 3. The van der Waals surface area contributed by atoms with Gasteiger partial charge in [-0.25, -0.2) is 0 Å². The summed E-state index contributed by atoms with van der Waals surface area (Å²) in [7, 11) is 0. The summed E-state index contributed by atoms with van der Waals surface area (Å²) in [6.45, 7) is 3.59. The highest BCUT2D eigenvalue weighted by Crippen LogP contribution is 2.29. The van der Waals surface area contributed by atoms with E-state index in [0.717, 1.165) is 31.5 Å². The molecule has 2 rings (SSSR count). The van der Waals surface area contributed by atoms with Crippen molar-refractivity contribution in [3.05, 3.63) is 35.4 Å². The standard InChI is InChI=1S/C17H22Cl3N3OS/c1-12-8-4-5-9-13(12)14(24)21-15(17(18,19)20)22-16(25)23-10-6-2-3-7-11-23/h4-5,8-9,15H,2-3,6-7,10-11H2,1H3,(H,21,24)(H,22,25). The van der Waals surface area contributed by atoms with Gasteiger partial charge in [-0.05, 0) is 43.6 Å². The van der Waals surface area contributed by atoms with Crippen LogP contribution in [0.5, 0.6) is 0 Å². The highest BCUT2D eigenvalue weighted by atomic mass is 35.6. The third-order valence-electron chi connectivity index (χ3n) is 4.15. The number of amides is 1. The Kier molecular flexibility index (Phi) is 7.62. The maximum Gasteiger partial charge on any atom is 0.253 e. The Balaban J connectivity index is 2.07. The summed E-state index contributed by atoms with van der Waals surface area (Å²) in [6, 6.07) is 7.24. The quantitative estimate of drug-likeness (QED) is 0.436. The SMILES string of the molecule is Cc1ccccc1C(=O)NC(NC(=S)N1CCCCCC1)C(Cl)(Cl)Cl. The molecule has 0 aliphatic carbocycles. The van der Waals surface area contributed by atoms with Crippen molar-refractivity contribution in [2.75, 3.05) is 13.1 Å². The van der Waals surface area contributed by atoms with Crippen LogP contribution in [0.25, 0.3) is 0 Å². The second kappa shape index (κ2) is 9.26. The van der Waals surface area contributed by atoms with Gasteiger partial charge in [0.25, 0.3) is 5.91 Å². The van der Waals surface area contributed by atoms with E-state index in [4.69, 9.17) is 47.0 Å². The van der Waals surface area contributed by atoms with Gasteiger partial charge in [0.05, 0.1) is 0 Å². The molecule has 0 aromatic heterocycles. The number of nitrogens with one attached hydrogen (secondary N) is 2. The third-order valence-corrected chi connectivity index (χ3v) is 5.18. The van der Waals surface area contributed by atoms with Gasteiger partial charge < -0.3 is 15.5 Å². The van der Waals surface area contributed by atoms with Crippen molar-refractivity contribution in [2.24, 2.45) is 0 Å². The number of hydrogen-bond acceptors (Lipinski definition) is 2. The van der Waals surface area contributed by atoms with Gasteiger partial charge in [0.1, 0.15) is 6.17 Å². The van der Waals surface area contributed by atoms with Crippen molar-refractivity contribution in [1.82, 2.24) is 15.5 Å². The molecule has 1 unspecified atom stereocenters. The second-order valence-electron chi connectivity index (χ2n) is 6.11.